The Morgan fingerprint density at radius 3 is 2.80 bits per heavy atom. The van der Waals surface area contributed by atoms with Crippen LogP contribution in [0.3, 0.4) is 0 Å². The highest BCUT2D eigenvalue weighted by Crippen LogP contribution is 2.24. The first-order chi connectivity index (χ1) is 7.11. The standard InChI is InChI=1S/C11H15NO3/c1-8(13)9-4-2-3-5-10(9)15-7-6-11(12)14/h2-5,8,13H,6-7H2,1H3,(H2,12,14). The van der Waals surface area contributed by atoms with Crippen LogP contribution >= 0.6 is 0 Å². The van der Waals surface area contributed by atoms with Crippen molar-refractivity contribution in [3.8, 4) is 5.75 Å². The third-order valence-corrected chi connectivity index (χ3v) is 1.98. The molecule has 0 spiro atoms. The van der Waals surface area contributed by atoms with Gasteiger partial charge in [0.05, 0.1) is 19.1 Å². The largest absolute Gasteiger partial charge is 0.493 e. The molecule has 0 fully saturated rings. The number of rotatable bonds is 5. The van der Waals surface area contributed by atoms with Crippen LogP contribution in [0, 0.1) is 0 Å². The van der Waals surface area contributed by atoms with Gasteiger partial charge in [-0.3, -0.25) is 4.79 Å². The van der Waals surface area contributed by atoms with Crippen LogP contribution in [-0.4, -0.2) is 17.6 Å². The van der Waals surface area contributed by atoms with Crippen LogP contribution in [-0.2, 0) is 4.79 Å². The summed E-state index contributed by atoms with van der Waals surface area (Å²) < 4.78 is 5.35. The molecule has 1 aromatic rings. The maximum Gasteiger partial charge on any atom is 0.220 e. The molecule has 15 heavy (non-hydrogen) atoms. The maximum atomic E-state index is 10.5. The molecule has 1 aromatic carbocycles. The van der Waals surface area contributed by atoms with Crippen LogP contribution in [0.25, 0.3) is 0 Å². The van der Waals surface area contributed by atoms with Crippen molar-refractivity contribution in [3.63, 3.8) is 0 Å². The predicted molar refractivity (Wildman–Crippen MR) is 56.4 cm³/mol. The van der Waals surface area contributed by atoms with Gasteiger partial charge < -0.3 is 15.6 Å². The Kier molecular flexibility index (Phi) is 4.12. The highest BCUT2D eigenvalue weighted by atomic mass is 16.5. The summed E-state index contributed by atoms with van der Waals surface area (Å²) >= 11 is 0. The smallest absolute Gasteiger partial charge is 0.220 e. The number of carbonyl (C=O) groups excluding carboxylic acids is 1. The highest BCUT2D eigenvalue weighted by Gasteiger charge is 2.07. The number of aliphatic hydroxyl groups excluding tert-OH is 1. The Labute approximate surface area is 88.7 Å². The van der Waals surface area contributed by atoms with E-state index in [9.17, 15) is 9.90 Å². The quantitative estimate of drug-likeness (QED) is 0.759. The minimum atomic E-state index is -0.588. The second-order valence-electron chi connectivity index (χ2n) is 3.28. The van der Waals surface area contributed by atoms with Gasteiger partial charge in [0.25, 0.3) is 0 Å². The average Bonchev–Trinajstić information content (AvgIpc) is 2.17. The van der Waals surface area contributed by atoms with Gasteiger partial charge in [0.2, 0.25) is 5.91 Å². The lowest BCUT2D eigenvalue weighted by atomic mass is 10.1. The zero-order chi connectivity index (χ0) is 11.3. The van der Waals surface area contributed by atoms with E-state index in [2.05, 4.69) is 0 Å². The molecule has 3 N–H and O–H groups in total. The molecule has 0 radical (unpaired) electrons. The Morgan fingerprint density at radius 1 is 1.53 bits per heavy atom. The van der Waals surface area contributed by atoms with Gasteiger partial charge in [-0.1, -0.05) is 18.2 Å². The maximum absolute atomic E-state index is 10.5. The molecular weight excluding hydrogens is 194 g/mol. The van der Waals surface area contributed by atoms with E-state index in [-0.39, 0.29) is 13.0 Å². The molecule has 1 amide bonds. The van der Waals surface area contributed by atoms with E-state index in [0.717, 1.165) is 0 Å². The van der Waals surface area contributed by atoms with Crippen LogP contribution in [0.15, 0.2) is 24.3 Å². The van der Waals surface area contributed by atoms with Crippen molar-refractivity contribution in [2.75, 3.05) is 6.61 Å². The molecule has 0 aliphatic carbocycles. The number of aliphatic hydroxyl groups is 1. The normalized spacial score (nSPS) is 12.1. The molecular formula is C11H15NO3. The van der Waals surface area contributed by atoms with Crippen molar-refractivity contribution in [2.45, 2.75) is 19.4 Å². The number of hydrogen-bond donors (Lipinski definition) is 2. The van der Waals surface area contributed by atoms with Crippen LogP contribution in [0.5, 0.6) is 5.75 Å². The van der Waals surface area contributed by atoms with Gasteiger partial charge in [0.1, 0.15) is 5.75 Å². The fourth-order valence-electron chi connectivity index (χ4n) is 1.22. The summed E-state index contributed by atoms with van der Waals surface area (Å²) in [5, 5.41) is 9.44. The molecule has 1 rings (SSSR count). The Hall–Kier alpha value is -1.55. The fraction of sp³-hybridized carbons (Fsp3) is 0.364. The van der Waals surface area contributed by atoms with E-state index >= 15 is 0 Å². The molecule has 1 unspecified atom stereocenters. The lowest BCUT2D eigenvalue weighted by molar-refractivity contribution is -0.118. The number of hydrogen-bond acceptors (Lipinski definition) is 3. The second kappa shape index (κ2) is 5.36. The van der Waals surface area contributed by atoms with Gasteiger partial charge >= 0.3 is 0 Å². The summed E-state index contributed by atoms with van der Waals surface area (Å²) in [6, 6.07) is 7.17. The van der Waals surface area contributed by atoms with Gasteiger partial charge in [-0.25, -0.2) is 0 Å². The third kappa shape index (κ3) is 3.59. The molecule has 0 saturated carbocycles. The van der Waals surface area contributed by atoms with E-state index in [1.165, 1.54) is 0 Å². The molecule has 0 heterocycles. The monoisotopic (exact) mass is 209 g/mol. The molecule has 4 nitrogen and oxygen atoms in total. The molecule has 1 atom stereocenters. The summed E-state index contributed by atoms with van der Waals surface area (Å²) in [5.41, 5.74) is 5.70. The number of para-hydroxylation sites is 1. The molecule has 0 saturated heterocycles. The van der Waals surface area contributed by atoms with Crippen molar-refractivity contribution in [3.05, 3.63) is 29.8 Å². The van der Waals surface area contributed by atoms with Crippen molar-refractivity contribution >= 4 is 5.91 Å². The van der Waals surface area contributed by atoms with E-state index in [1.54, 1.807) is 19.1 Å². The summed E-state index contributed by atoms with van der Waals surface area (Å²) in [6.45, 7) is 1.90. The first-order valence-corrected chi connectivity index (χ1v) is 4.79. The zero-order valence-corrected chi connectivity index (χ0v) is 8.64. The first-order valence-electron chi connectivity index (χ1n) is 4.79. The number of carbonyl (C=O) groups is 1. The van der Waals surface area contributed by atoms with E-state index in [0.29, 0.717) is 11.3 Å². The second-order valence-corrected chi connectivity index (χ2v) is 3.28. The van der Waals surface area contributed by atoms with Crippen molar-refractivity contribution in [2.24, 2.45) is 5.73 Å². The summed E-state index contributed by atoms with van der Waals surface area (Å²) in [5.74, 6) is 0.193. The van der Waals surface area contributed by atoms with Crippen molar-refractivity contribution in [1.29, 1.82) is 0 Å². The van der Waals surface area contributed by atoms with E-state index < -0.39 is 12.0 Å². The van der Waals surface area contributed by atoms with Crippen LogP contribution in [0.2, 0.25) is 0 Å². The highest BCUT2D eigenvalue weighted by molar-refractivity contribution is 5.73. The van der Waals surface area contributed by atoms with Gasteiger partial charge in [0, 0.05) is 5.56 Å². The average molecular weight is 209 g/mol. The topological polar surface area (TPSA) is 72.6 Å². The number of benzene rings is 1. The number of primary amides is 1. The summed E-state index contributed by atoms with van der Waals surface area (Å²) in [4.78, 5) is 10.5. The predicted octanol–water partition coefficient (Wildman–Crippen LogP) is 0.994. The lowest BCUT2D eigenvalue weighted by Gasteiger charge is -2.12. The van der Waals surface area contributed by atoms with Gasteiger partial charge in [-0.2, -0.15) is 0 Å². The molecule has 0 bridgehead atoms. The van der Waals surface area contributed by atoms with Crippen molar-refractivity contribution < 1.29 is 14.6 Å². The molecule has 0 aromatic heterocycles. The lowest BCUT2D eigenvalue weighted by Crippen LogP contribution is -2.15. The summed E-state index contributed by atoms with van der Waals surface area (Å²) in [6.07, 6.45) is -0.413. The zero-order valence-electron chi connectivity index (χ0n) is 8.64. The number of ether oxygens (including phenoxy) is 1. The SMILES string of the molecule is CC(O)c1ccccc1OCCC(N)=O. The number of amides is 1. The Balaban J connectivity index is 2.63. The molecule has 82 valence electrons. The van der Waals surface area contributed by atoms with Crippen molar-refractivity contribution in [1.82, 2.24) is 0 Å². The minimum absolute atomic E-state index is 0.175. The number of nitrogens with two attached hydrogens (primary N) is 1. The van der Waals surface area contributed by atoms with Crippen LogP contribution in [0.4, 0.5) is 0 Å². The molecule has 4 heteroatoms. The Morgan fingerprint density at radius 2 is 2.20 bits per heavy atom. The molecule has 0 aliphatic heterocycles. The summed E-state index contributed by atoms with van der Waals surface area (Å²) in [7, 11) is 0. The first kappa shape index (κ1) is 11.5. The van der Waals surface area contributed by atoms with Gasteiger partial charge in [-0.05, 0) is 13.0 Å². The minimum Gasteiger partial charge on any atom is -0.493 e. The van der Waals surface area contributed by atoms with E-state index in [4.69, 9.17) is 10.5 Å². The Bertz CT molecular complexity index is 336. The fourth-order valence-corrected chi connectivity index (χ4v) is 1.22. The van der Waals surface area contributed by atoms with Gasteiger partial charge in [-0.15, -0.1) is 0 Å². The van der Waals surface area contributed by atoms with Gasteiger partial charge in [0.15, 0.2) is 0 Å². The molecule has 0 aliphatic rings. The third-order valence-electron chi connectivity index (χ3n) is 1.98. The van der Waals surface area contributed by atoms with E-state index in [1.807, 2.05) is 12.1 Å². The van der Waals surface area contributed by atoms with Crippen LogP contribution < -0.4 is 10.5 Å². The van der Waals surface area contributed by atoms with Crippen LogP contribution in [0.1, 0.15) is 25.0 Å².